The number of ether oxygens (including phenoxy) is 1. The number of hydrogen-bond acceptors (Lipinski definition) is 8. The minimum absolute atomic E-state index is 0.0920. The van der Waals surface area contributed by atoms with Gasteiger partial charge < -0.3 is 31.1 Å². The minimum atomic E-state index is -5.08. The van der Waals surface area contributed by atoms with Gasteiger partial charge >= 0.3 is 12.1 Å². The summed E-state index contributed by atoms with van der Waals surface area (Å²) in [7, 11) is -4.25. The molecular weight excluding hydrogens is 726 g/mol. The second-order valence-corrected chi connectivity index (χ2v) is 14.0. The van der Waals surface area contributed by atoms with Gasteiger partial charge in [0.05, 0.1) is 5.02 Å². The molecule has 0 bridgehead atoms. The molecule has 4 rings (SSSR count). The van der Waals surface area contributed by atoms with Crippen molar-refractivity contribution in [2.75, 3.05) is 39.3 Å². The van der Waals surface area contributed by atoms with Gasteiger partial charge in [-0.05, 0) is 58.0 Å². The van der Waals surface area contributed by atoms with Crippen LogP contribution in [0.4, 0.5) is 13.2 Å². The highest BCUT2D eigenvalue weighted by molar-refractivity contribution is 7.89. The Labute approximate surface area is 297 Å². The molecule has 13 nitrogen and oxygen atoms in total. The van der Waals surface area contributed by atoms with Crippen LogP contribution >= 0.6 is 23.2 Å². The number of carboxylic acids is 1. The monoisotopic (exact) mass is 763 g/mol. The minimum Gasteiger partial charge on any atom is -0.487 e. The Morgan fingerprint density at radius 2 is 1.68 bits per heavy atom. The van der Waals surface area contributed by atoms with Crippen molar-refractivity contribution in [2.24, 2.45) is 16.5 Å². The zero-order valence-electron chi connectivity index (χ0n) is 27.4. The third-order valence-corrected chi connectivity index (χ3v) is 9.92. The lowest BCUT2D eigenvalue weighted by atomic mass is 10.0. The van der Waals surface area contributed by atoms with Crippen LogP contribution in [-0.4, -0.2) is 97.1 Å². The zero-order valence-corrected chi connectivity index (χ0v) is 29.8. The SMILES string of the molecule is Cc1ccc2cccc(OCc3c(Cl)ccc(S(=O)(=O)NC(C)(C)C(=O)N4CCN(C(N)=NCCCN)CC4)c3Cl)c2n1.O=C(O)C(F)(F)F. The summed E-state index contributed by atoms with van der Waals surface area (Å²) in [6.07, 6.45) is -4.35. The fourth-order valence-corrected chi connectivity index (χ4v) is 7.01. The highest BCUT2D eigenvalue weighted by Gasteiger charge is 2.39. The summed E-state index contributed by atoms with van der Waals surface area (Å²) in [5.41, 5.74) is 11.9. The molecule has 1 amide bonds. The van der Waals surface area contributed by atoms with E-state index in [9.17, 15) is 26.4 Å². The van der Waals surface area contributed by atoms with E-state index in [4.69, 9.17) is 49.3 Å². The first-order valence-electron chi connectivity index (χ1n) is 15.1. The molecule has 0 unspecified atom stereocenters. The zero-order chi connectivity index (χ0) is 37.4. The molecule has 0 aliphatic carbocycles. The number of carbonyl (C=O) groups excluding carboxylic acids is 1. The van der Waals surface area contributed by atoms with Gasteiger partial charge in [0.15, 0.2) is 5.96 Å². The molecule has 1 aliphatic heterocycles. The van der Waals surface area contributed by atoms with Crippen molar-refractivity contribution in [3.8, 4) is 5.75 Å². The number of aryl methyl sites for hydroxylation is 1. The number of halogens is 5. The summed E-state index contributed by atoms with van der Waals surface area (Å²) in [6.45, 7) is 7.58. The quantitative estimate of drug-likeness (QED) is 0.134. The molecule has 50 heavy (non-hydrogen) atoms. The smallest absolute Gasteiger partial charge is 0.487 e. The summed E-state index contributed by atoms with van der Waals surface area (Å²) in [4.78, 5) is 34.5. The number of amides is 1. The molecule has 2 heterocycles. The molecule has 3 aromatic rings. The van der Waals surface area contributed by atoms with Gasteiger partial charge in [0.25, 0.3) is 0 Å². The second-order valence-electron chi connectivity index (χ2n) is 11.6. The van der Waals surface area contributed by atoms with Crippen LogP contribution in [0.3, 0.4) is 0 Å². The molecule has 19 heteroatoms. The van der Waals surface area contributed by atoms with Crippen molar-refractivity contribution in [2.45, 2.75) is 50.4 Å². The fourth-order valence-electron chi connectivity index (χ4n) is 4.75. The van der Waals surface area contributed by atoms with E-state index in [2.05, 4.69) is 14.7 Å². The first-order chi connectivity index (χ1) is 23.3. The summed E-state index contributed by atoms with van der Waals surface area (Å²) in [5.74, 6) is -2.21. The number of carbonyl (C=O) groups is 2. The number of nitrogens with two attached hydrogens (primary N) is 2. The number of pyridine rings is 1. The molecule has 274 valence electrons. The average molecular weight is 765 g/mol. The summed E-state index contributed by atoms with van der Waals surface area (Å²) in [6, 6.07) is 12.1. The molecule has 0 saturated carbocycles. The van der Waals surface area contributed by atoms with E-state index in [1.807, 2.05) is 36.1 Å². The first kappa shape index (κ1) is 40.5. The van der Waals surface area contributed by atoms with Crippen LogP contribution in [0.1, 0.15) is 31.5 Å². The summed E-state index contributed by atoms with van der Waals surface area (Å²) >= 11 is 13.1. The number of hydrogen-bond donors (Lipinski definition) is 4. The standard InChI is InChI=1S/C29H37Cl2N7O4S.C2HF3O2/c1-19-8-9-20-6-4-7-23(26(20)35-19)42-18-21-22(30)10-11-24(25(21)31)43(40,41)36-29(2,3)27(39)37-14-16-38(17-15-37)28(33)34-13-5-12-32;3-2(4,5)1(6)7/h4,6-11,36H,5,12-18,32H2,1-3H3,(H2,33,34);(H,6,7). The molecule has 6 N–H and O–H groups in total. The van der Waals surface area contributed by atoms with Crippen molar-refractivity contribution in [1.82, 2.24) is 19.5 Å². The Balaban J connectivity index is 0.000000872. The molecule has 0 radical (unpaired) electrons. The number of carboxylic acid groups (broad SMARTS) is 1. The van der Waals surface area contributed by atoms with Crippen LogP contribution < -0.4 is 20.9 Å². The topological polar surface area (TPSA) is 194 Å². The number of sulfonamides is 1. The van der Waals surface area contributed by atoms with Crippen LogP contribution in [-0.2, 0) is 26.2 Å². The lowest BCUT2D eigenvalue weighted by molar-refractivity contribution is -0.192. The van der Waals surface area contributed by atoms with Gasteiger partial charge in [-0.1, -0.05) is 41.4 Å². The maximum Gasteiger partial charge on any atom is 0.490 e. The number of alkyl halides is 3. The maximum atomic E-state index is 13.6. The van der Waals surface area contributed by atoms with Crippen molar-refractivity contribution in [1.29, 1.82) is 0 Å². The Bertz CT molecular complexity index is 1840. The lowest BCUT2D eigenvalue weighted by Gasteiger charge is -2.39. The van der Waals surface area contributed by atoms with Crippen molar-refractivity contribution in [3.05, 3.63) is 63.8 Å². The third-order valence-electron chi connectivity index (χ3n) is 7.33. The van der Waals surface area contributed by atoms with E-state index in [1.165, 1.54) is 26.0 Å². The third kappa shape index (κ3) is 10.6. The molecule has 0 atom stereocenters. The van der Waals surface area contributed by atoms with Crippen LogP contribution in [0.5, 0.6) is 5.75 Å². The number of para-hydroxylation sites is 1. The van der Waals surface area contributed by atoms with E-state index >= 15 is 0 Å². The maximum absolute atomic E-state index is 13.6. The van der Waals surface area contributed by atoms with E-state index in [0.29, 0.717) is 62.1 Å². The Morgan fingerprint density at radius 1 is 1.06 bits per heavy atom. The van der Waals surface area contributed by atoms with Crippen LogP contribution in [0, 0.1) is 6.92 Å². The van der Waals surface area contributed by atoms with Crippen molar-refractivity contribution >= 4 is 62.0 Å². The number of aliphatic imine (C=N–C) groups is 1. The van der Waals surface area contributed by atoms with Gasteiger partial charge in [-0.2, -0.15) is 17.9 Å². The molecule has 0 spiro atoms. The van der Waals surface area contributed by atoms with Crippen molar-refractivity contribution in [3.63, 3.8) is 0 Å². The molecule has 1 fully saturated rings. The first-order valence-corrected chi connectivity index (χ1v) is 17.4. The number of nitrogens with zero attached hydrogens (tertiary/aromatic N) is 4. The molecule has 1 aliphatic rings. The molecule has 1 aromatic heterocycles. The Morgan fingerprint density at radius 3 is 2.28 bits per heavy atom. The molecular formula is C31H38Cl2F3N7O6S. The van der Waals surface area contributed by atoms with Gasteiger partial charge in [0.2, 0.25) is 15.9 Å². The van der Waals surface area contributed by atoms with Gasteiger partial charge in [0.1, 0.15) is 28.3 Å². The van der Waals surface area contributed by atoms with E-state index in [-0.39, 0.29) is 27.5 Å². The van der Waals surface area contributed by atoms with Crippen LogP contribution in [0.15, 0.2) is 52.4 Å². The number of rotatable bonds is 10. The predicted octanol–water partition coefficient (Wildman–Crippen LogP) is 3.93. The predicted molar refractivity (Wildman–Crippen MR) is 184 cm³/mol. The average Bonchev–Trinajstić information content (AvgIpc) is 3.03. The van der Waals surface area contributed by atoms with Crippen LogP contribution in [0.25, 0.3) is 10.9 Å². The number of guanidine groups is 1. The van der Waals surface area contributed by atoms with E-state index < -0.39 is 27.7 Å². The van der Waals surface area contributed by atoms with Crippen LogP contribution in [0.2, 0.25) is 10.0 Å². The number of benzene rings is 2. The fraction of sp³-hybridized carbons (Fsp3) is 0.419. The normalized spacial score (nSPS) is 14.3. The summed E-state index contributed by atoms with van der Waals surface area (Å²) in [5, 5.41) is 8.17. The number of piperazine rings is 1. The Hall–Kier alpha value is -3.90. The van der Waals surface area contributed by atoms with Gasteiger partial charge in [-0.3, -0.25) is 9.79 Å². The highest BCUT2D eigenvalue weighted by Crippen LogP contribution is 2.34. The Kier molecular flexibility index (Phi) is 13.7. The highest BCUT2D eigenvalue weighted by atomic mass is 35.5. The number of nitrogens with one attached hydrogen (secondary N) is 1. The van der Waals surface area contributed by atoms with E-state index in [0.717, 1.165) is 17.5 Å². The summed E-state index contributed by atoms with van der Waals surface area (Å²) < 4.78 is 67.4. The van der Waals surface area contributed by atoms with E-state index in [1.54, 1.807) is 11.0 Å². The number of aliphatic carboxylic acids is 1. The van der Waals surface area contributed by atoms with Gasteiger partial charge in [-0.15, -0.1) is 0 Å². The van der Waals surface area contributed by atoms with Gasteiger partial charge in [0, 0.05) is 54.4 Å². The molecule has 2 aromatic carbocycles. The van der Waals surface area contributed by atoms with Gasteiger partial charge in [-0.25, -0.2) is 18.2 Å². The second kappa shape index (κ2) is 16.9. The molecule has 1 saturated heterocycles. The van der Waals surface area contributed by atoms with Crippen molar-refractivity contribution < 1.29 is 41.0 Å². The lowest BCUT2D eigenvalue weighted by Crippen LogP contribution is -2.60. The number of aromatic nitrogens is 1. The number of fused-ring (bicyclic) bond motifs is 1. The largest absolute Gasteiger partial charge is 0.490 e.